The van der Waals surface area contributed by atoms with Crippen LogP contribution in [0.4, 0.5) is 5.69 Å². The van der Waals surface area contributed by atoms with Crippen molar-refractivity contribution in [1.82, 2.24) is 0 Å². The summed E-state index contributed by atoms with van der Waals surface area (Å²) in [5.41, 5.74) is 1.17. The van der Waals surface area contributed by atoms with Gasteiger partial charge in [0.1, 0.15) is 11.6 Å². The maximum absolute atomic E-state index is 12.2. The lowest BCUT2D eigenvalue weighted by atomic mass is 10.1. The van der Waals surface area contributed by atoms with Crippen LogP contribution in [-0.2, 0) is 4.79 Å². The number of amides is 1. The molecular weight excluding hydrogens is 328 g/mol. The summed E-state index contributed by atoms with van der Waals surface area (Å²) < 4.78 is 10.4. The van der Waals surface area contributed by atoms with Gasteiger partial charge in [-0.2, -0.15) is 5.26 Å². The highest BCUT2D eigenvalue weighted by molar-refractivity contribution is 6.30. The van der Waals surface area contributed by atoms with E-state index in [9.17, 15) is 10.1 Å². The number of methoxy groups -OCH3 is 2. The number of ether oxygens (including phenoxy) is 2. The highest BCUT2D eigenvalue weighted by Gasteiger charge is 2.11. The molecule has 0 spiro atoms. The second-order valence-corrected chi connectivity index (χ2v) is 5.18. The standard InChI is InChI=1S/C18H15ClN2O3/c1-23-16-8-3-12(10-17(16)24-2)9-13(11-20)18(22)21-15-6-4-14(19)5-7-15/h3-10H,1-2H3,(H,21,22)/b13-9+. The molecule has 0 saturated carbocycles. The Hall–Kier alpha value is -2.97. The molecule has 0 unspecified atom stereocenters. The summed E-state index contributed by atoms with van der Waals surface area (Å²) in [4.78, 5) is 12.2. The van der Waals surface area contributed by atoms with E-state index < -0.39 is 5.91 Å². The summed E-state index contributed by atoms with van der Waals surface area (Å²) in [6, 6.07) is 13.6. The largest absolute Gasteiger partial charge is 0.493 e. The molecule has 24 heavy (non-hydrogen) atoms. The van der Waals surface area contributed by atoms with Gasteiger partial charge < -0.3 is 14.8 Å². The Morgan fingerprint density at radius 1 is 1.12 bits per heavy atom. The molecule has 0 aliphatic heterocycles. The van der Waals surface area contributed by atoms with E-state index in [0.717, 1.165) is 0 Å². The van der Waals surface area contributed by atoms with Crippen LogP contribution < -0.4 is 14.8 Å². The average Bonchev–Trinajstić information content (AvgIpc) is 2.61. The molecule has 0 bridgehead atoms. The number of nitriles is 1. The number of nitrogens with one attached hydrogen (secondary N) is 1. The van der Waals surface area contributed by atoms with Crippen LogP contribution >= 0.6 is 11.6 Å². The van der Waals surface area contributed by atoms with Crippen LogP contribution in [-0.4, -0.2) is 20.1 Å². The molecule has 0 radical (unpaired) electrons. The third-order valence-electron chi connectivity index (χ3n) is 3.19. The number of benzene rings is 2. The van der Waals surface area contributed by atoms with Crippen molar-refractivity contribution in [2.24, 2.45) is 0 Å². The summed E-state index contributed by atoms with van der Waals surface area (Å²) in [6.07, 6.45) is 1.48. The molecule has 6 heteroatoms. The summed E-state index contributed by atoms with van der Waals surface area (Å²) in [7, 11) is 3.05. The predicted molar refractivity (Wildman–Crippen MR) is 93.2 cm³/mol. The Bertz CT molecular complexity index is 808. The van der Waals surface area contributed by atoms with Gasteiger partial charge in [0.25, 0.3) is 5.91 Å². The SMILES string of the molecule is COc1ccc(/C=C(\C#N)C(=O)Nc2ccc(Cl)cc2)cc1OC. The van der Waals surface area contributed by atoms with Gasteiger partial charge in [-0.25, -0.2) is 0 Å². The fourth-order valence-electron chi connectivity index (χ4n) is 1.99. The van der Waals surface area contributed by atoms with Crippen LogP contribution in [0.1, 0.15) is 5.56 Å². The Labute approximate surface area is 145 Å². The minimum absolute atomic E-state index is 0.0304. The van der Waals surface area contributed by atoms with Crippen molar-refractivity contribution in [3.63, 3.8) is 0 Å². The number of anilines is 1. The Balaban J connectivity index is 2.23. The maximum atomic E-state index is 12.2. The zero-order valence-electron chi connectivity index (χ0n) is 13.2. The molecule has 1 N–H and O–H groups in total. The van der Waals surface area contributed by atoms with E-state index in [1.165, 1.54) is 20.3 Å². The molecule has 0 aliphatic carbocycles. The van der Waals surface area contributed by atoms with E-state index in [1.54, 1.807) is 42.5 Å². The average molecular weight is 343 g/mol. The van der Waals surface area contributed by atoms with E-state index in [0.29, 0.717) is 27.8 Å². The van der Waals surface area contributed by atoms with Gasteiger partial charge in [0.2, 0.25) is 0 Å². The van der Waals surface area contributed by atoms with E-state index in [2.05, 4.69) is 5.32 Å². The highest BCUT2D eigenvalue weighted by atomic mass is 35.5. The second kappa shape index (κ2) is 8.04. The van der Waals surface area contributed by atoms with Gasteiger partial charge in [0.05, 0.1) is 14.2 Å². The fraction of sp³-hybridized carbons (Fsp3) is 0.111. The third kappa shape index (κ3) is 4.28. The van der Waals surface area contributed by atoms with Gasteiger partial charge in [-0.15, -0.1) is 0 Å². The van der Waals surface area contributed by atoms with Gasteiger partial charge >= 0.3 is 0 Å². The minimum atomic E-state index is -0.505. The van der Waals surface area contributed by atoms with Crippen molar-refractivity contribution in [2.45, 2.75) is 0 Å². The van der Waals surface area contributed by atoms with Crippen LogP contribution in [0.5, 0.6) is 11.5 Å². The molecule has 0 atom stereocenters. The molecule has 0 aromatic heterocycles. The van der Waals surface area contributed by atoms with Crippen molar-refractivity contribution in [2.75, 3.05) is 19.5 Å². The van der Waals surface area contributed by atoms with E-state index in [-0.39, 0.29) is 5.57 Å². The predicted octanol–water partition coefficient (Wildman–Crippen LogP) is 3.90. The molecule has 0 saturated heterocycles. The number of rotatable bonds is 5. The highest BCUT2D eigenvalue weighted by Crippen LogP contribution is 2.28. The van der Waals surface area contributed by atoms with E-state index >= 15 is 0 Å². The van der Waals surface area contributed by atoms with Crippen LogP contribution in [0.25, 0.3) is 6.08 Å². The molecule has 1 amide bonds. The first kappa shape index (κ1) is 17.4. The fourth-order valence-corrected chi connectivity index (χ4v) is 2.12. The first-order valence-electron chi connectivity index (χ1n) is 6.98. The molecular formula is C18H15ClN2O3. The van der Waals surface area contributed by atoms with E-state index in [1.807, 2.05) is 6.07 Å². The minimum Gasteiger partial charge on any atom is -0.493 e. The Kier molecular flexibility index (Phi) is 5.83. The van der Waals surface area contributed by atoms with Crippen molar-refractivity contribution >= 4 is 29.3 Å². The van der Waals surface area contributed by atoms with Gasteiger partial charge in [-0.1, -0.05) is 17.7 Å². The van der Waals surface area contributed by atoms with Gasteiger partial charge in [0, 0.05) is 10.7 Å². The lowest BCUT2D eigenvalue weighted by molar-refractivity contribution is -0.112. The van der Waals surface area contributed by atoms with Crippen LogP contribution in [0.3, 0.4) is 0 Å². The van der Waals surface area contributed by atoms with Crippen LogP contribution in [0.2, 0.25) is 5.02 Å². The quantitative estimate of drug-likeness (QED) is 0.660. The summed E-state index contributed by atoms with van der Waals surface area (Å²) in [5, 5.41) is 12.5. The number of carbonyl (C=O) groups is 1. The molecule has 0 fully saturated rings. The molecule has 2 aromatic rings. The van der Waals surface area contributed by atoms with Crippen LogP contribution in [0, 0.1) is 11.3 Å². The van der Waals surface area contributed by atoms with Crippen molar-refractivity contribution in [1.29, 1.82) is 5.26 Å². The normalized spacial score (nSPS) is 10.7. The van der Waals surface area contributed by atoms with Crippen molar-refractivity contribution < 1.29 is 14.3 Å². The molecule has 122 valence electrons. The Morgan fingerprint density at radius 2 is 1.79 bits per heavy atom. The third-order valence-corrected chi connectivity index (χ3v) is 3.44. The smallest absolute Gasteiger partial charge is 0.266 e. The molecule has 0 heterocycles. The molecule has 2 rings (SSSR count). The molecule has 5 nitrogen and oxygen atoms in total. The summed E-state index contributed by atoms with van der Waals surface area (Å²) >= 11 is 5.80. The van der Waals surface area contributed by atoms with Crippen molar-refractivity contribution in [3.05, 3.63) is 58.6 Å². The first-order valence-corrected chi connectivity index (χ1v) is 7.36. The zero-order chi connectivity index (χ0) is 17.5. The summed E-state index contributed by atoms with van der Waals surface area (Å²) in [5.74, 6) is 0.579. The monoisotopic (exact) mass is 342 g/mol. The van der Waals surface area contributed by atoms with Gasteiger partial charge in [-0.3, -0.25) is 4.79 Å². The number of nitrogens with zero attached hydrogens (tertiary/aromatic N) is 1. The Morgan fingerprint density at radius 3 is 2.38 bits per heavy atom. The van der Waals surface area contributed by atoms with Crippen molar-refractivity contribution in [3.8, 4) is 17.6 Å². The number of halogens is 1. The molecule has 2 aromatic carbocycles. The topological polar surface area (TPSA) is 71.3 Å². The number of hydrogen-bond donors (Lipinski definition) is 1. The maximum Gasteiger partial charge on any atom is 0.266 e. The second-order valence-electron chi connectivity index (χ2n) is 4.75. The summed E-state index contributed by atoms with van der Waals surface area (Å²) in [6.45, 7) is 0. The first-order chi connectivity index (χ1) is 11.6. The number of carbonyl (C=O) groups excluding carboxylic acids is 1. The number of hydrogen-bond acceptors (Lipinski definition) is 4. The molecule has 0 aliphatic rings. The van der Waals surface area contributed by atoms with Crippen LogP contribution in [0.15, 0.2) is 48.0 Å². The lowest BCUT2D eigenvalue weighted by Crippen LogP contribution is -2.13. The van der Waals surface area contributed by atoms with Gasteiger partial charge in [-0.05, 0) is 48.0 Å². The van der Waals surface area contributed by atoms with E-state index in [4.69, 9.17) is 21.1 Å². The lowest BCUT2D eigenvalue weighted by Gasteiger charge is -2.08. The zero-order valence-corrected chi connectivity index (χ0v) is 13.9. The van der Waals surface area contributed by atoms with Gasteiger partial charge in [0.15, 0.2) is 11.5 Å².